The van der Waals surface area contributed by atoms with Gasteiger partial charge >= 0.3 is 5.97 Å². The predicted octanol–water partition coefficient (Wildman–Crippen LogP) is 0.140. The molecule has 1 aliphatic heterocycles. The van der Waals surface area contributed by atoms with E-state index in [4.69, 9.17) is 10.5 Å². The van der Waals surface area contributed by atoms with Gasteiger partial charge in [-0.25, -0.2) is 13.2 Å². The Bertz CT molecular complexity index is 644. The summed E-state index contributed by atoms with van der Waals surface area (Å²) in [7, 11) is -2.47. The van der Waals surface area contributed by atoms with Crippen LogP contribution < -0.4 is 5.73 Å². The molecule has 0 amide bonds. The van der Waals surface area contributed by atoms with Crippen molar-refractivity contribution in [2.75, 3.05) is 32.5 Å². The monoisotopic (exact) mass is 314 g/mol. The molecule has 1 atom stereocenters. The first-order valence-electron chi connectivity index (χ1n) is 6.42. The first-order chi connectivity index (χ1) is 9.86. The molecule has 1 heterocycles. The Labute approximate surface area is 123 Å². The van der Waals surface area contributed by atoms with E-state index >= 15 is 0 Å². The van der Waals surface area contributed by atoms with Gasteiger partial charge in [0.25, 0.3) is 0 Å². The number of rotatable bonds is 3. The van der Waals surface area contributed by atoms with Crippen LogP contribution in [-0.4, -0.2) is 51.6 Å². The molecule has 2 rings (SSSR count). The van der Waals surface area contributed by atoms with E-state index in [0.29, 0.717) is 5.69 Å². The molecule has 0 radical (unpaired) electrons. The average molecular weight is 314 g/mol. The summed E-state index contributed by atoms with van der Waals surface area (Å²) in [6, 6.07) is 4.58. The van der Waals surface area contributed by atoms with Gasteiger partial charge in [0.15, 0.2) is 6.10 Å². The Morgan fingerprint density at radius 1 is 1.48 bits per heavy atom. The normalized spacial score (nSPS) is 20.2. The molecule has 2 N–H and O–H groups in total. The number of esters is 1. The van der Waals surface area contributed by atoms with Gasteiger partial charge in [0.05, 0.1) is 25.2 Å². The highest BCUT2D eigenvalue weighted by Crippen LogP contribution is 2.22. The van der Waals surface area contributed by atoms with Crippen LogP contribution in [0.15, 0.2) is 23.1 Å². The van der Waals surface area contributed by atoms with E-state index in [9.17, 15) is 13.2 Å². The molecular weight excluding hydrogens is 296 g/mol. The van der Waals surface area contributed by atoms with Crippen LogP contribution in [0, 0.1) is 6.92 Å². The molecule has 21 heavy (non-hydrogen) atoms. The third-order valence-electron chi connectivity index (χ3n) is 3.38. The van der Waals surface area contributed by atoms with Gasteiger partial charge in [-0.1, -0.05) is 6.07 Å². The molecule has 1 unspecified atom stereocenters. The fraction of sp³-hybridized carbons (Fsp3) is 0.462. The van der Waals surface area contributed by atoms with Gasteiger partial charge in [-0.2, -0.15) is 4.31 Å². The molecule has 0 bridgehead atoms. The Kier molecular flexibility index (Phi) is 4.50. The van der Waals surface area contributed by atoms with Crippen LogP contribution >= 0.6 is 0 Å². The molecule has 0 aliphatic carbocycles. The maximum absolute atomic E-state index is 12.6. The van der Waals surface area contributed by atoms with Crippen LogP contribution in [-0.2, 0) is 24.3 Å². The molecular formula is C13H18N2O5S. The summed E-state index contributed by atoms with van der Waals surface area (Å²) in [4.78, 5) is 11.6. The topological polar surface area (TPSA) is 98.9 Å². The van der Waals surface area contributed by atoms with E-state index in [2.05, 4.69) is 4.74 Å². The van der Waals surface area contributed by atoms with Crippen LogP contribution in [0.4, 0.5) is 5.69 Å². The summed E-state index contributed by atoms with van der Waals surface area (Å²) >= 11 is 0. The second kappa shape index (κ2) is 6.00. The van der Waals surface area contributed by atoms with Crippen molar-refractivity contribution in [1.29, 1.82) is 0 Å². The SMILES string of the molecule is COC(=O)C1CN(S(=O)(=O)c2ccc(C)c(N)c2)CCO1. The summed E-state index contributed by atoms with van der Waals surface area (Å²) in [5, 5.41) is 0. The number of ether oxygens (including phenoxy) is 2. The standard InChI is InChI=1S/C13H18N2O5S/c1-9-3-4-10(7-11(9)14)21(17,18)15-5-6-20-12(8-15)13(16)19-2/h3-4,7,12H,5-6,8,14H2,1-2H3. The summed E-state index contributed by atoms with van der Waals surface area (Å²) in [6.45, 7) is 2.06. The second-order valence-corrected chi connectivity index (χ2v) is 6.70. The molecule has 1 aliphatic rings. The van der Waals surface area contributed by atoms with Crippen LogP contribution in [0.25, 0.3) is 0 Å². The van der Waals surface area contributed by atoms with Gasteiger partial charge in [0.1, 0.15) is 0 Å². The zero-order valence-electron chi connectivity index (χ0n) is 11.9. The number of hydrogen-bond donors (Lipinski definition) is 1. The van der Waals surface area contributed by atoms with Crippen LogP contribution in [0.3, 0.4) is 0 Å². The van der Waals surface area contributed by atoms with Gasteiger partial charge in [-0.15, -0.1) is 0 Å². The highest BCUT2D eigenvalue weighted by atomic mass is 32.2. The molecule has 8 heteroatoms. The molecule has 0 aromatic heterocycles. The Balaban J connectivity index is 2.26. The summed E-state index contributed by atoms with van der Waals surface area (Å²) < 4.78 is 36.2. The van der Waals surface area contributed by atoms with Gasteiger partial charge in [-0.05, 0) is 24.6 Å². The molecule has 1 fully saturated rings. The first kappa shape index (κ1) is 15.7. The number of nitrogen functional groups attached to an aromatic ring is 1. The Hall–Kier alpha value is -1.64. The van der Waals surface area contributed by atoms with Crippen molar-refractivity contribution < 1.29 is 22.7 Å². The number of carbonyl (C=O) groups is 1. The number of nitrogens with zero attached hydrogens (tertiary/aromatic N) is 1. The van der Waals surface area contributed by atoms with E-state index in [1.54, 1.807) is 13.0 Å². The molecule has 116 valence electrons. The number of hydrogen-bond acceptors (Lipinski definition) is 6. The number of benzene rings is 1. The fourth-order valence-electron chi connectivity index (χ4n) is 2.05. The highest BCUT2D eigenvalue weighted by Gasteiger charge is 2.34. The van der Waals surface area contributed by atoms with E-state index < -0.39 is 22.1 Å². The minimum Gasteiger partial charge on any atom is -0.467 e. The molecule has 1 saturated heterocycles. The highest BCUT2D eigenvalue weighted by molar-refractivity contribution is 7.89. The summed E-state index contributed by atoms with van der Waals surface area (Å²) in [6.07, 6.45) is -0.902. The molecule has 0 spiro atoms. The quantitative estimate of drug-likeness (QED) is 0.629. The van der Waals surface area contributed by atoms with Crippen LogP contribution in [0.1, 0.15) is 5.56 Å². The third-order valence-corrected chi connectivity index (χ3v) is 5.24. The van der Waals surface area contributed by atoms with Crippen LogP contribution in [0.2, 0.25) is 0 Å². The van der Waals surface area contributed by atoms with Gasteiger partial charge in [-0.3, -0.25) is 0 Å². The lowest BCUT2D eigenvalue weighted by atomic mass is 10.2. The Morgan fingerprint density at radius 3 is 2.81 bits per heavy atom. The minimum absolute atomic E-state index is 0.0667. The van der Waals surface area contributed by atoms with Crippen molar-refractivity contribution >= 4 is 21.7 Å². The van der Waals surface area contributed by atoms with E-state index in [1.165, 1.54) is 23.5 Å². The number of sulfonamides is 1. The molecule has 1 aromatic carbocycles. The van der Waals surface area contributed by atoms with Crippen molar-refractivity contribution in [3.63, 3.8) is 0 Å². The predicted molar refractivity (Wildman–Crippen MR) is 76.1 cm³/mol. The summed E-state index contributed by atoms with van der Waals surface area (Å²) in [5.74, 6) is -0.585. The largest absolute Gasteiger partial charge is 0.467 e. The maximum atomic E-state index is 12.6. The third kappa shape index (κ3) is 3.17. The average Bonchev–Trinajstić information content (AvgIpc) is 2.49. The smallest absolute Gasteiger partial charge is 0.336 e. The van der Waals surface area contributed by atoms with Gasteiger partial charge < -0.3 is 15.2 Å². The number of methoxy groups -OCH3 is 1. The van der Waals surface area contributed by atoms with Gasteiger partial charge in [0, 0.05) is 12.2 Å². The second-order valence-electron chi connectivity index (χ2n) is 4.76. The molecule has 0 saturated carbocycles. The minimum atomic E-state index is -3.71. The van der Waals surface area contributed by atoms with E-state index in [1.807, 2.05) is 0 Å². The zero-order valence-corrected chi connectivity index (χ0v) is 12.7. The zero-order chi connectivity index (χ0) is 15.6. The van der Waals surface area contributed by atoms with Crippen molar-refractivity contribution in [3.05, 3.63) is 23.8 Å². The lowest BCUT2D eigenvalue weighted by molar-refractivity contribution is -0.157. The van der Waals surface area contributed by atoms with Gasteiger partial charge in [0.2, 0.25) is 10.0 Å². The maximum Gasteiger partial charge on any atom is 0.336 e. The van der Waals surface area contributed by atoms with Crippen molar-refractivity contribution in [2.45, 2.75) is 17.9 Å². The number of anilines is 1. The first-order valence-corrected chi connectivity index (χ1v) is 7.86. The summed E-state index contributed by atoms with van der Waals surface area (Å²) in [5.41, 5.74) is 6.98. The lowest BCUT2D eigenvalue weighted by Gasteiger charge is -2.30. The number of carbonyl (C=O) groups excluding carboxylic acids is 1. The van der Waals surface area contributed by atoms with Crippen molar-refractivity contribution in [1.82, 2.24) is 4.31 Å². The number of nitrogens with two attached hydrogens (primary N) is 1. The van der Waals surface area contributed by atoms with Crippen molar-refractivity contribution in [3.8, 4) is 0 Å². The number of aryl methyl sites for hydroxylation is 1. The van der Waals surface area contributed by atoms with E-state index in [0.717, 1.165) is 5.56 Å². The van der Waals surface area contributed by atoms with E-state index in [-0.39, 0.29) is 24.6 Å². The number of morpholine rings is 1. The fourth-order valence-corrected chi connectivity index (χ4v) is 3.51. The van der Waals surface area contributed by atoms with Crippen LogP contribution in [0.5, 0.6) is 0 Å². The van der Waals surface area contributed by atoms with Crippen molar-refractivity contribution in [2.24, 2.45) is 0 Å². The molecule has 1 aromatic rings. The molecule has 7 nitrogen and oxygen atoms in total. The lowest BCUT2D eigenvalue weighted by Crippen LogP contribution is -2.48. The Morgan fingerprint density at radius 2 is 2.19 bits per heavy atom.